The van der Waals surface area contributed by atoms with Gasteiger partial charge in [-0.25, -0.2) is 4.98 Å². The Kier molecular flexibility index (Phi) is 6.52. The van der Waals surface area contributed by atoms with Crippen LogP contribution in [0.4, 0.5) is 5.13 Å². The summed E-state index contributed by atoms with van der Waals surface area (Å²) in [5, 5.41) is 17.2. The molecule has 2 aromatic rings. The zero-order chi connectivity index (χ0) is 20.2. The minimum atomic E-state index is -0.0738. The van der Waals surface area contributed by atoms with E-state index in [1.807, 2.05) is 29.6 Å². The van der Waals surface area contributed by atoms with Gasteiger partial charge < -0.3 is 21.3 Å². The Hall–Kier alpha value is -1.90. The van der Waals surface area contributed by atoms with Gasteiger partial charge in [-0.1, -0.05) is 42.6 Å². The van der Waals surface area contributed by atoms with E-state index in [1.54, 1.807) is 0 Å². The third kappa shape index (κ3) is 5.18. The number of nitrogens with one attached hydrogen (secondary N) is 4. The van der Waals surface area contributed by atoms with Crippen molar-refractivity contribution in [3.05, 3.63) is 45.9 Å². The zero-order valence-corrected chi connectivity index (χ0v) is 18.3. The summed E-state index contributed by atoms with van der Waals surface area (Å²) in [6.07, 6.45) is 5.11. The largest absolute Gasteiger partial charge is 0.360 e. The fourth-order valence-corrected chi connectivity index (χ4v) is 5.22. The maximum Gasteiger partial charge on any atom is 0.226 e. The predicted octanol–water partition coefficient (Wildman–Crippen LogP) is 3.43. The van der Waals surface area contributed by atoms with Crippen LogP contribution in [0.5, 0.6) is 0 Å². The number of anilines is 1. The number of hydrogen-bond acceptors (Lipinski definition) is 5. The standard InChI is InChI=1S/C20H24ClN5OS2/c21-15-7-3-1-5-12(15)10-22-17(27)9-13-11-29-20(23-13)26-18-14-6-2-4-8-16(14)24-19(28)25-18/h1,3,5,7,11,14,16,18H,2,4,6,8-10H2,(H,22,27)(H,23,26)(H2,24,25,28). The van der Waals surface area contributed by atoms with Crippen molar-refractivity contribution in [3.63, 3.8) is 0 Å². The number of amides is 1. The smallest absolute Gasteiger partial charge is 0.226 e. The molecule has 9 heteroatoms. The Balaban J connectivity index is 1.31. The van der Waals surface area contributed by atoms with E-state index in [1.165, 1.54) is 24.2 Å². The van der Waals surface area contributed by atoms with Gasteiger partial charge in [0.2, 0.25) is 5.91 Å². The molecule has 6 nitrogen and oxygen atoms in total. The number of halogens is 1. The molecule has 1 aromatic carbocycles. The first-order chi connectivity index (χ1) is 14.1. The number of fused-ring (bicyclic) bond motifs is 1. The van der Waals surface area contributed by atoms with Crippen LogP contribution in [0.3, 0.4) is 0 Å². The van der Waals surface area contributed by atoms with Gasteiger partial charge in [-0.3, -0.25) is 4.79 Å². The lowest BCUT2D eigenvalue weighted by Crippen LogP contribution is -2.63. The fourth-order valence-electron chi connectivity index (χ4n) is 3.99. The van der Waals surface area contributed by atoms with E-state index in [9.17, 15) is 4.79 Å². The van der Waals surface area contributed by atoms with Crippen LogP contribution in [0.1, 0.15) is 36.9 Å². The number of rotatable bonds is 6. The van der Waals surface area contributed by atoms with Gasteiger partial charge in [0.1, 0.15) is 6.17 Å². The number of thiocarbonyl (C=S) groups is 1. The second kappa shape index (κ2) is 9.28. The topological polar surface area (TPSA) is 78.1 Å². The van der Waals surface area contributed by atoms with Crippen LogP contribution in [0.25, 0.3) is 0 Å². The SMILES string of the molecule is O=C(Cc1csc(NC2NC(=S)NC3CCCCC32)n1)NCc1ccccc1Cl. The first kappa shape index (κ1) is 20.4. The van der Waals surface area contributed by atoms with Gasteiger partial charge in [0.25, 0.3) is 0 Å². The Morgan fingerprint density at radius 1 is 1.28 bits per heavy atom. The highest BCUT2D eigenvalue weighted by atomic mass is 35.5. The average molecular weight is 450 g/mol. The van der Waals surface area contributed by atoms with Gasteiger partial charge in [-0.2, -0.15) is 0 Å². The van der Waals surface area contributed by atoms with Crippen LogP contribution in [0, 0.1) is 5.92 Å². The molecule has 0 bridgehead atoms. The zero-order valence-electron chi connectivity index (χ0n) is 15.9. The van der Waals surface area contributed by atoms with Gasteiger partial charge in [-0.05, 0) is 36.7 Å². The van der Waals surface area contributed by atoms with Gasteiger partial charge in [-0.15, -0.1) is 11.3 Å². The van der Waals surface area contributed by atoms with Gasteiger partial charge in [0, 0.05) is 28.9 Å². The van der Waals surface area contributed by atoms with Crippen LogP contribution in [-0.2, 0) is 17.8 Å². The number of nitrogens with zero attached hydrogens (tertiary/aromatic N) is 1. The maximum absolute atomic E-state index is 12.3. The minimum absolute atomic E-state index is 0.0714. The summed E-state index contributed by atoms with van der Waals surface area (Å²) in [5.41, 5.74) is 1.66. The minimum Gasteiger partial charge on any atom is -0.360 e. The van der Waals surface area contributed by atoms with Crippen molar-refractivity contribution in [3.8, 4) is 0 Å². The second-order valence-corrected chi connectivity index (χ2v) is 9.16. The van der Waals surface area contributed by atoms with E-state index in [0.717, 1.165) is 29.2 Å². The number of carbonyl (C=O) groups is 1. The molecule has 1 amide bonds. The molecule has 3 atom stereocenters. The molecule has 1 saturated carbocycles. The fraction of sp³-hybridized carbons (Fsp3) is 0.450. The molecule has 1 aliphatic heterocycles. The quantitative estimate of drug-likeness (QED) is 0.506. The highest BCUT2D eigenvalue weighted by Gasteiger charge is 2.36. The molecule has 2 heterocycles. The summed E-state index contributed by atoms with van der Waals surface area (Å²) in [4.78, 5) is 16.9. The lowest BCUT2D eigenvalue weighted by molar-refractivity contribution is -0.120. The number of benzene rings is 1. The van der Waals surface area contributed by atoms with Crippen LogP contribution in [0.15, 0.2) is 29.6 Å². The van der Waals surface area contributed by atoms with Crippen molar-refractivity contribution in [2.75, 3.05) is 5.32 Å². The molecule has 2 fully saturated rings. The van der Waals surface area contributed by atoms with Crippen molar-refractivity contribution < 1.29 is 4.79 Å². The molecule has 29 heavy (non-hydrogen) atoms. The molecule has 0 spiro atoms. The first-order valence-electron chi connectivity index (χ1n) is 9.86. The summed E-state index contributed by atoms with van der Waals surface area (Å²) >= 11 is 13.0. The third-order valence-electron chi connectivity index (χ3n) is 5.46. The summed E-state index contributed by atoms with van der Waals surface area (Å²) < 4.78 is 0. The Morgan fingerprint density at radius 2 is 2.10 bits per heavy atom. The number of hydrogen-bond donors (Lipinski definition) is 4. The van der Waals surface area contributed by atoms with E-state index < -0.39 is 0 Å². The summed E-state index contributed by atoms with van der Waals surface area (Å²) in [6.45, 7) is 0.410. The van der Waals surface area contributed by atoms with E-state index in [0.29, 0.717) is 28.6 Å². The normalized spacial score (nSPS) is 23.5. The second-order valence-electron chi connectivity index (χ2n) is 7.48. The lowest BCUT2D eigenvalue weighted by Gasteiger charge is -2.43. The van der Waals surface area contributed by atoms with Crippen molar-refractivity contribution in [2.45, 2.75) is 50.9 Å². The molecule has 2 aliphatic rings. The molecule has 4 rings (SSSR count). The molecule has 154 valence electrons. The van der Waals surface area contributed by atoms with Crippen molar-refractivity contribution in [2.24, 2.45) is 5.92 Å². The van der Waals surface area contributed by atoms with E-state index in [2.05, 4.69) is 26.3 Å². The van der Waals surface area contributed by atoms with Gasteiger partial charge >= 0.3 is 0 Å². The van der Waals surface area contributed by atoms with Crippen LogP contribution >= 0.6 is 35.2 Å². The first-order valence-corrected chi connectivity index (χ1v) is 11.5. The Labute approximate surface area is 184 Å². The number of carbonyl (C=O) groups excluding carboxylic acids is 1. The van der Waals surface area contributed by atoms with Crippen molar-refractivity contribution >= 4 is 51.3 Å². The van der Waals surface area contributed by atoms with Gasteiger partial charge in [0.15, 0.2) is 10.2 Å². The third-order valence-corrected chi connectivity index (χ3v) is 6.88. The van der Waals surface area contributed by atoms with E-state index in [-0.39, 0.29) is 18.5 Å². The average Bonchev–Trinajstić information content (AvgIpc) is 3.14. The maximum atomic E-state index is 12.3. The van der Waals surface area contributed by atoms with Crippen LogP contribution in [-0.4, -0.2) is 28.2 Å². The summed E-state index contributed by atoms with van der Waals surface area (Å²) in [7, 11) is 0. The summed E-state index contributed by atoms with van der Waals surface area (Å²) in [5.74, 6) is 0.400. The molecule has 4 N–H and O–H groups in total. The lowest BCUT2D eigenvalue weighted by atomic mass is 9.81. The molecular formula is C20H24ClN5OS2. The molecule has 1 aliphatic carbocycles. The van der Waals surface area contributed by atoms with Gasteiger partial charge in [0.05, 0.1) is 12.1 Å². The van der Waals surface area contributed by atoms with Crippen LogP contribution < -0.4 is 21.3 Å². The van der Waals surface area contributed by atoms with Crippen LogP contribution in [0.2, 0.25) is 5.02 Å². The number of aromatic nitrogens is 1. The predicted molar refractivity (Wildman–Crippen MR) is 121 cm³/mol. The highest BCUT2D eigenvalue weighted by Crippen LogP contribution is 2.30. The van der Waals surface area contributed by atoms with Crippen molar-refractivity contribution in [1.82, 2.24) is 20.9 Å². The monoisotopic (exact) mass is 449 g/mol. The Morgan fingerprint density at radius 3 is 2.97 bits per heavy atom. The molecule has 0 radical (unpaired) electrons. The molecule has 3 unspecified atom stereocenters. The molecule has 1 saturated heterocycles. The summed E-state index contributed by atoms with van der Waals surface area (Å²) in [6, 6.07) is 7.92. The Bertz CT molecular complexity index is 889. The molecule has 1 aromatic heterocycles. The highest BCUT2D eigenvalue weighted by molar-refractivity contribution is 7.80. The van der Waals surface area contributed by atoms with E-state index >= 15 is 0 Å². The van der Waals surface area contributed by atoms with E-state index in [4.69, 9.17) is 23.8 Å². The van der Waals surface area contributed by atoms with Crippen molar-refractivity contribution in [1.29, 1.82) is 0 Å². The molecular weight excluding hydrogens is 426 g/mol. The number of thiazole rings is 1.